The normalized spacial score (nSPS) is 22.7. The number of sulfone groups is 1. The Bertz CT molecular complexity index is 1050. The van der Waals surface area contributed by atoms with Crippen molar-refractivity contribution in [2.24, 2.45) is 0 Å². The van der Waals surface area contributed by atoms with Gasteiger partial charge in [-0.2, -0.15) is 0 Å². The predicted octanol–water partition coefficient (Wildman–Crippen LogP) is 4.05. The first kappa shape index (κ1) is 21.5. The van der Waals surface area contributed by atoms with Crippen LogP contribution in [0, 0.1) is 5.82 Å². The number of nitrogens with zero attached hydrogens (tertiary/aromatic N) is 2. The highest BCUT2D eigenvalue weighted by molar-refractivity contribution is 7.92. The molecule has 162 valence electrons. The third-order valence-electron chi connectivity index (χ3n) is 6.20. The molecule has 0 aliphatic carbocycles. The Kier molecular flexibility index (Phi) is 6.01. The van der Waals surface area contributed by atoms with Crippen molar-refractivity contribution in [1.82, 2.24) is 9.80 Å². The van der Waals surface area contributed by atoms with Crippen LogP contribution in [0.4, 0.5) is 4.39 Å². The molecule has 2 aromatic rings. The molecule has 2 aliphatic rings. The van der Waals surface area contributed by atoms with Crippen LogP contribution in [-0.4, -0.2) is 62.1 Å². The number of likely N-dealkylation sites (tertiary alicyclic amines) is 2. The van der Waals surface area contributed by atoms with Crippen LogP contribution in [0.25, 0.3) is 10.4 Å². The Morgan fingerprint density at radius 2 is 1.93 bits per heavy atom. The second-order valence-corrected chi connectivity index (χ2v) is 11.7. The van der Waals surface area contributed by atoms with Crippen LogP contribution in [0.2, 0.25) is 0 Å². The summed E-state index contributed by atoms with van der Waals surface area (Å²) in [7, 11) is -3.29. The van der Waals surface area contributed by atoms with Crippen LogP contribution < -0.4 is 0 Å². The summed E-state index contributed by atoms with van der Waals surface area (Å²) in [6, 6.07) is 8.43. The van der Waals surface area contributed by atoms with Gasteiger partial charge in [0, 0.05) is 36.3 Å². The van der Waals surface area contributed by atoms with E-state index in [-0.39, 0.29) is 21.7 Å². The molecular weight excluding hydrogens is 423 g/mol. The fourth-order valence-corrected chi connectivity index (χ4v) is 6.42. The first-order chi connectivity index (χ1) is 14.2. The fourth-order valence-electron chi connectivity index (χ4n) is 4.50. The van der Waals surface area contributed by atoms with E-state index in [1.807, 2.05) is 4.90 Å². The van der Waals surface area contributed by atoms with Crippen molar-refractivity contribution in [3.05, 3.63) is 41.7 Å². The summed E-state index contributed by atoms with van der Waals surface area (Å²) in [5.74, 6) is -0.816. The highest BCUT2D eigenvalue weighted by Gasteiger charge is 2.33. The van der Waals surface area contributed by atoms with Crippen molar-refractivity contribution in [3.63, 3.8) is 0 Å². The second-order valence-electron chi connectivity index (χ2n) is 8.37. The van der Waals surface area contributed by atoms with Crippen molar-refractivity contribution < 1.29 is 17.6 Å². The smallest absolute Gasteiger partial charge is 0.257 e. The van der Waals surface area contributed by atoms with Crippen molar-refractivity contribution in [2.45, 2.75) is 48.9 Å². The van der Waals surface area contributed by atoms with E-state index in [0.29, 0.717) is 23.0 Å². The number of carbonyl (C=O) groups is 1. The van der Waals surface area contributed by atoms with Crippen molar-refractivity contribution in [1.29, 1.82) is 0 Å². The monoisotopic (exact) mass is 450 g/mol. The van der Waals surface area contributed by atoms with E-state index >= 15 is 0 Å². The van der Waals surface area contributed by atoms with Gasteiger partial charge in [0.1, 0.15) is 10.0 Å². The van der Waals surface area contributed by atoms with Crippen molar-refractivity contribution in [2.75, 3.05) is 25.9 Å². The Morgan fingerprint density at radius 3 is 2.57 bits per heavy atom. The summed E-state index contributed by atoms with van der Waals surface area (Å²) < 4.78 is 38.5. The average Bonchev–Trinajstić information content (AvgIpc) is 3.42. The molecular formula is C22H27FN2O3S2. The standard InChI is InChI=1S/C22H27FN2O3S2/c1-15-5-3-11-24(15)14-17-6-4-12-25(17)22(26)18-8-7-16(13-19(18)23)20-9-10-21(29-20)30(2,27)28/h7-10,13,15,17H,3-6,11-12,14H2,1-2H3/t15-,17+/m1/s1. The van der Waals surface area contributed by atoms with Gasteiger partial charge in [-0.3, -0.25) is 9.69 Å². The molecule has 1 aromatic carbocycles. The Labute approximate surface area is 181 Å². The zero-order valence-electron chi connectivity index (χ0n) is 17.3. The third-order valence-corrected chi connectivity index (χ3v) is 9.16. The van der Waals surface area contributed by atoms with E-state index in [0.717, 1.165) is 43.5 Å². The van der Waals surface area contributed by atoms with E-state index < -0.39 is 15.7 Å². The largest absolute Gasteiger partial charge is 0.334 e. The van der Waals surface area contributed by atoms with Crippen LogP contribution in [0.1, 0.15) is 43.0 Å². The van der Waals surface area contributed by atoms with Gasteiger partial charge in [0.25, 0.3) is 5.91 Å². The Balaban J connectivity index is 1.52. The van der Waals surface area contributed by atoms with E-state index in [1.54, 1.807) is 12.1 Å². The van der Waals surface area contributed by atoms with Gasteiger partial charge in [-0.1, -0.05) is 6.07 Å². The summed E-state index contributed by atoms with van der Waals surface area (Å²) in [6.45, 7) is 4.82. The maximum absolute atomic E-state index is 14.9. The number of benzene rings is 1. The lowest BCUT2D eigenvalue weighted by Crippen LogP contribution is -2.44. The first-order valence-electron chi connectivity index (χ1n) is 10.4. The minimum absolute atomic E-state index is 0.0833. The van der Waals surface area contributed by atoms with Gasteiger partial charge < -0.3 is 4.90 Å². The summed E-state index contributed by atoms with van der Waals surface area (Å²) >= 11 is 1.10. The van der Waals surface area contributed by atoms with Gasteiger partial charge >= 0.3 is 0 Å². The van der Waals surface area contributed by atoms with Gasteiger partial charge in [0.2, 0.25) is 0 Å². The van der Waals surface area contributed by atoms with Crippen molar-refractivity contribution in [3.8, 4) is 10.4 Å². The topological polar surface area (TPSA) is 57.7 Å². The van der Waals surface area contributed by atoms with E-state index in [9.17, 15) is 17.6 Å². The van der Waals surface area contributed by atoms with E-state index in [1.165, 1.54) is 31.0 Å². The van der Waals surface area contributed by atoms with Crippen molar-refractivity contribution >= 4 is 27.1 Å². The zero-order chi connectivity index (χ0) is 21.5. The van der Waals surface area contributed by atoms with Gasteiger partial charge in [-0.25, -0.2) is 12.8 Å². The molecule has 8 heteroatoms. The molecule has 2 fully saturated rings. The summed E-state index contributed by atoms with van der Waals surface area (Å²) in [5, 5.41) is 0. The molecule has 0 unspecified atom stereocenters. The number of hydrogen-bond donors (Lipinski definition) is 0. The van der Waals surface area contributed by atoms with E-state index in [4.69, 9.17) is 0 Å². The predicted molar refractivity (Wildman–Crippen MR) is 117 cm³/mol. The van der Waals surface area contributed by atoms with Crippen LogP contribution in [0.3, 0.4) is 0 Å². The first-order valence-corrected chi connectivity index (χ1v) is 13.1. The number of halogens is 1. The molecule has 1 aromatic heterocycles. The minimum atomic E-state index is -3.29. The maximum atomic E-state index is 14.9. The molecule has 3 heterocycles. The molecule has 0 bridgehead atoms. The maximum Gasteiger partial charge on any atom is 0.257 e. The lowest BCUT2D eigenvalue weighted by atomic mass is 10.1. The summed E-state index contributed by atoms with van der Waals surface area (Å²) in [6.07, 6.45) is 5.45. The van der Waals surface area contributed by atoms with Crippen LogP contribution in [-0.2, 0) is 9.84 Å². The zero-order valence-corrected chi connectivity index (χ0v) is 18.9. The highest BCUT2D eigenvalue weighted by Crippen LogP contribution is 2.32. The average molecular weight is 451 g/mol. The van der Waals surface area contributed by atoms with E-state index in [2.05, 4.69) is 11.8 Å². The second kappa shape index (κ2) is 8.40. The van der Waals surface area contributed by atoms with Gasteiger partial charge in [-0.05, 0) is 69.0 Å². The summed E-state index contributed by atoms with van der Waals surface area (Å²) in [5.41, 5.74) is 0.660. The fraction of sp³-hybridized carbons (Fsp3) is 0.500. The van der Waals surface area contributed by atoms with Crippen LogP contribution >= 0.6 is 11.3 Å². The molecule has 2 saturated heterocycles. The quantitative estimate of drug-likeness (QED) is 0.690. The molecule has 4 rings (SSSR count). The molecule has 2 atom stereocenters. The third kappa shape index (κ3) is 4.31. The molecule has 0 spiro atoms. The van der Waals surface area contributed by atoms with Crippen LogP contribution in [0.5, 0.6) is 0 Å². The molecule has 5 nitrogen and oxygen atoms in total. The minimum Gasteiger partial charge on any atom is -0.334 e. The SMILES string of the molecule is C[C@@H]1CCCN1C[C@@H]1CCCN1C(=O)c1ccc(-c2ccc(S(C)(=O)=O)s2)cc1F. The van der Waals surface area contributed by atoms with Gasteiger partial charge in [-0.15, -0.1) is 11.3 Å². The number of hydrogen-bond acceptors (Lipinski definition) is 5. The number of carbonyl (C=O) groups excluding carboxylic acids is 1. The van der Waals surface area contributed by atoms with Gasteiger partial charge in [0.05, 0.1) is 5.56 Å². The molecule has 0 radical (unpaired) electrons. The molecule has 1 amide bonds. The van der Waals surface area contributed by atoms with Crippen LogP contribution in [0.15, 0.2) is 34.5 Å². The highest BCUT2D eigenvalue weighted by atomic mass is 32.2. The lowest BCUT2D eigenvalue weighted by molar-refractivity contribution is 0.0692. The Hall–Kier alpha value is -1.77. The molecule has 0 N–H and O–H groups in total. The molecule has 0 saturated carbocycles. The number of thiophene rings is 1. The Morgan fingerprint density at radius 1 is 1.17 bits per heavy atom. The molecule has 2 aliphatic heterocycles. The summed E-state index contributed by atoms with van der Waals surface area (Å²) in [4.78, 5) is 18.0. The lowest BCUT2D eigenvalue weighted by Gasteiger charge is -2.31. The number of rotatable bonds is 5. The van der Waals surface area contributed by atoms with Gasteiger partial charge in [0.15, 0.2) is 9.84 Å². The molecule has 30 heavy (non-hydrogen) atoms. The number of amides is 1.